The summed E-state index contributed by atoms with van der Waals surface area (Å²) in [6.45, 7) is 2.87. The number of likely N-dealkylation sites (tertiary alicyclic amines) is 1. The van der Waals surface area contributed by atoms with E-state index in [1.807, 2.05) is 6.92 Å². The molecule has 2 rings (SSSR count). The SMILES string of the molecule is CO[C@]1(C)CCCN(C(=O)N[C@@H](C2CCCC2)C(F)(F)F)CC1. The number of ether oxygens (including phenoxy) is 1. The average Bonchev–Trinajstić information content (AvgIpc) is 2.93. The molecule has 7 heteroatoms. The topological polar surface area (TPSA) is 41.6 Å². The molecule has 2 aliphatic rings. The van der Waals surface area contributed by atoms with E-state index in [-0.39, 0.29) is 5.60 Å². The van der Waals surface area contributed by atoms with E-state index in [0.29, 0.717) is 32.4 Å². The molecule has 0 unspecified atom stereocenters. The van der Waals surface area contributed by atoms with E-state index in [2.05, 4.69) is 5.32 Å². The molecule has 1 aliphatic carbocycles. The monoisotopic (exact) mass is 336 g/mol. The van der Waals surface area contributed by atoms with Crippen molar-refractivity contribution < 1.29 is 22.7 Å². The highest BCUT2D eigenvalue weighted by molar-refractivity contribution is 5.74. The molecule has 23 heavy (non-hydrogen) atoms. The smallest absolute Gasteiger partial charge is 0.378 e. The molecule has 1 saturated carbocycles. The average molecular weight is 336 g/mol. The lowest BCUT2D eigenvalue weighted by Gasteiger charge is -2.30. The van der Waals surface area contributed by atoms with Crippen LogP contribution in [-0.4, -0.2) is 48.9 Å². The van der Waals surface area contributed by atoms with Crippen molar-refractivity contribution in [2.45, 2.75) is 69.7 Å². The zero-order valence-corrected chi connectivity index (χ0v) is 13.9. The summed E-state index contributed by atoms with van der Waals surface area (Å²) in [5.74, 6) is -0.491. The van der Waals surface area contributed by atoms with Crippen molar-refractivity contribution in [2.75, 3.05) is 20.2 Å². The highest BCUT2D eigenvalue weighted by Gasteiger charge is 2.46. The van der Waals surface area contributed by atoms with E-state index in [4.69, 9.17) is 4.74 Å². The molecule has 4 nitrogen and oxygen atoms in total. The fourth-order valence-corrected chi connectivity index (χ4v) is 3.64. The molecule has 0 aromatic carbocycles. The maximum Gasteiger partial charge on any atom is 0.408 e. The van der Waals surface area contributed by atoms with Gasteiger partial charge in [0, 0.05) is 20.2 Å². The van der Waals surface area contributed by atoms with Crippen LogP contribution in [0.1, 0.15) is 51.9 Å². The molecular weight excluding hydrogens is 309 g/mol. The second kappa shape index (κ2) is 7.28. The first-order chi connectivity index (χ1) is 10.7. The normalized spacial score (nSPS) is 28.5. The summed E-state index contributed by atoms with van der Waals surface area (Å²) in [5, 5.41) is 2.26. The molecule has 2 amide bonds. The Morgan fingerprint density at radius 2 is 1.87 bits per heavy atom. The lowest BCUT2D eigenvalue weighted by molar-refractivity contribution is -0.165. The predicted octanol–water partition coefficient (Wildman–Crippen LogP) is 3.71. The minimum Gasteiger partial charge on any atom is -0.378 e. The quantitative estimate of drug-likeness (QED) is 0.854. The third-order valence-corrected chi connectivity index (χ3v) is 5.33. The van der Waals surface area contributed by atoms with Crippen LogP contribution in [0.3, 0.4) is 0 Å². The molecule has 134 valence electrons. The van der Waals surface area contributed by atoms with Gasteiger partial charge in [-0.25, -0.2) is 4.79 Å². The minimum atomic E-state index is -4.39. The molecule has 1 heterocycles. The maximum absolute atomic E-state index is 13.3. The lowest BCUT2D eigenvalue weighted by Crippen LogP contribution is -2.54. The van der Waals surface area contributed by atoms with Crippen molar-refractivity contribution >= 4 is 6.03 Å². The molecule has 2 atom stereocenters. The fraction of sp³-hybridized carbons (Fsp3) is 0.938. The standard InChI is InChI=1S/C16H27F3N2O2/c1-15(23-2)8-5-10-21(11-9-15)14(22)20-13(16(17,18)19)12-6-3-4-7-12/h12-13H,3-11H2,1-2H3,(H,20,22)/t13-,15+/m0/s1. The number of alkyl halides is 3. The third kappa shape index (κ3) is 4.75. The van der Waals surface area contributed by atoms with Gasteiger partial charge in [0.05, 0.1) is 5.60 Å². The number of carbonyl (C=O) groups excluding carboxylic acids is 1. The van der Waals surface area contributed by atoms with E-state index >= 15 is 0 Å². The Labute approximate surface area is 135 Å². The number of halogens is 3. The van der Waals surface area contributed by atoms with Gasteiger partial charge in [0.15, 0.2) is 0 Å². The van der Waals surface area contributed by atoms with Gasteiger partial charge in [-0.1, -0.05) is 12.8 Å². The van der Waals surface area contributed by atoms with Crippen LogP contribution < -0.4 is 5.32 Å². The molecule has 1 N–H and O–H groups in total. The number of urea groups is 1. The van der Waals surface area contributed by atoms with Gasteiger partial charge in [-0.2, -0.15) is 13.2 Å². The Balaban J connectivity index is 1.98. The summed E-state index contributed by atoms with van der Waals surface area (Å²) in [6, 6.07) is -2.32. The fourth-order valence-electron chi connectivity index (χ4n) is 3.64. The van der Waals surface area contributed by atoms with Crippen molar-refractivity contribution in [3.8, 4) is 0 Å². The van der Waals surface area contributed by atoms with Gasteiger partial charge in [0.2, 0.25) is 0 Å². The number of carbonyl (C=O) groups is 1. The zero-order chi connectivity index (χ0) is 17.1. The van der Waals surface area contributed by atoms with Crippen LogP contribution >= 0.6 is 0 Å². The Hall–Kier alpha value is -0.980. The summed E-state index contributed by atoms with van der Waals surface area (Å²) in [5.41, 5.74) is -0.302. The predicted molar refractivity (Wildman–Crippen MR) is 81.2 cm³/mol. The largest absolute Gasteiger partial charge is 0.408 e. The molecule has 1 aliphatic heterocycles. The molecule has 0 spiro atoms. The van der Waals surface area contributed by atoms with Crippen LogP contribution in [0.5, 0.6) is 0 Å². The summed E-state index contributed by atoms with van der Waals surface area (Å²) in [4.78, 5) is 13.8. The maximum atomic E-state index is 13.3. The zero-order valence-electron chi connectivity index (χ0n) is 13.9. The van der Waals surface area contributed by atoms with Crippen molar-refractivity contribution in [3.63, 3.8) is 0 Å². The van der Waals surface area contributed by atoms with Crippen LogP contribution in [0.25, 0.3) is 0 Å². The van der Waals surface area contributed by atoms with Crippen LogP contribution in [0.4, 0.5) is 18.0 Å². The van der Waals surface area contributed by atoms with Gasteiger partial charge < -0.3 is 15.0 Å². The summed E-state index contributed by atoms with van der Waals surface area (Å²) < 4.78 is 45.4. The van der Waals surface area contributed by atoms with E-state index < -0.39 is 24.2 Å². The number of hydrogen-bond acceptors (Lipinski definition) is 2. The van der Waals surface area contributed by atoms with Gasteiger partial charge >= 0.3 is 12.2 Å². The number of rotatable bonds is 3. The van der Waals surface area contributed by atoms with Gasteiger partial charge in [-0.05, 0) is 44.9 Å². The first-order valence-electron chi connectivity index (χ1n) is 8.42. The molecule has 0 aromatic rings. The Bertz CT molecular complexity index is 411. The van der Waals surface area contributed by atoms with Crippen molar-refractivity contribution in [2.24, 2.45) is 5.92 Å². The summed E-state index contributed by atoms with van der Waals surface area (Å²) in [7, 11) is 1.63. The molecule has 0 aromatic heterocycles. The second-order valence-corrected chi connectivity index (χ2v) is 7.01. The van der Waals surface area contributed by atoms with Gasteiger partial charge in [-0.3, -0.25) is 0 Å². The van der Waals surface area contributed by atoms with Gasteiger partial charge in [0.1, 0.15) is 6.04 Å². The Morgan fingerprint density at radius 3 is 2.43 bits per heavy atom. The van der Waals surface area contributed by atoms with Gasteiger partial charge in [0.25, 0.3) is 0 Å². The van der Waals surface area contributed by atoms with Crippen molar-refractivity contribution in [1.82, 2.24) is 10.2 Å². The highest BCUT2D eigenvalue weighted by Crippen LogP contribution is 2.36. The van der Waals surface area contributed by atoms with Crippen LogP contribution in [0.15, 0.2) is 0 Å². The minimum absolute atomic E-state index is 0.302. The van der Waals surface area contributed by atoms with E-state index in [0.717, 1.165) is 25.7 Å². The van der Waals surface area contributed by atoms with E-state index in [1.54, 1.807) is 7.11 Å². The van der Waals surface area contributed by atoms with Crippen molar-refractivity contribution in [3.05, 3.63) is 0 Å². The third-order valence-electron chi connectivity index (χ3n) is 5.33. The molecule has 2 fully saturated rings. The van der Waals surface area contributed by atoms with Crippen LogP contribution in [-0.2, 0) is 4.74 Å². The number of methoxy groups -OCH3 is 1. The van der Waals surface area contributed by atoms with E-state index in [9.17, 15) is 18.0 Å². The first-order valence-corrected chi connectivity index (χ1v) is 8.42. The van der Waals surface area contributed by atoms with Gasteiger partial charge in [-0.15, -0.1) is 0 Å². The lowest BCUT2D eigenvalue weighted by atomic mass is 9.97. The highest BCUT2D eigenvalue weighted by atomic mass is 19.4. The molecular formula is C16H27F3N2O2. The van der Waals surface area contributed by atoms with Crippen LogP contribution in [0.2, 0.25) is 0 Å². The van der Waals surface area contributed by atoms with E-state index in [1.165, 1.54) is 4.90 Å². The number of nitrogens with zero attached hydrogens (tertiary/aromatic N) is 1. The van der Waals surface area contributed by atoms with Crippen LogP contribution in [0, 0.1) is 5.92 Å². The first kappa shape index (κ1) is 18.4. The Morgan fingerprint density at radius 1 is 1.22 bits per heavy atom. The second-order valence-electron chi connectivity index (χ2n) is 7.01. The number of amides is 2. The Kier molecular flexibility index (Phi) is 5.81. The molecule has 1 saturated heterocycles. The summed E-state index contributed by atoms with van der Waals surface area (Å²) in [6.07, 6.45) is 0.468. The number of nitrogens with one attached hydrogen (secondary N) is 1. The molecule has 0 radical (unpaired) electrons. The van der Waals surface area contributed by atoms with Crippen molar-refractivity contribution in [1.29, 1.82) is 0 Å². The molecule has 0 bridgehead atoms. The number of hydrogen-bond donors (Lipinski definition) is 1. The summed E-state index contributed by atoms with van der Waals surface area (Å²) >= 11 is 0.